The monoisotopic (exact) mass is 266 g/mol. The summed E-state index contributed by atoms with van der Waals surface area (Å²) in [6, 6.07) is 3.13. The van der Waals surface area contributed by atoms with Crippen molar-refractivity contribution in [2.45, 2.75) is 32.6 Å². The quantitative estimate of drug-likeness (QED) is 0.776. The van der Waals surface area contributed by atoms with Gasteiger partial charge in [-0.2, -0.15) is 13.2 Å². The summed E-state index contributed by atoms with van der Waals surface area (Å²) < 4.78 is 37.1. The number of aromatic nitrogens is 1. The molecule has 0 radical (unpaired) electrons. The molecular weight excluding hydrogens is 253 g/mol. The van der Waals surface area contributed by atoms with Crippen LogP contribution in [0, 0.1) is 0 Å². The average Bonchev–Trinajstić information content (AvgIpc) is 2.18. The Morgan fingerprint density at radius 2 is 2.06 bits per heavy atom. The molecule has 0 N–H and O–H groups in total. The first-order valence-electron chi connectivity index (χ1n) is 5.20. The Balaban J connectivity index is 2.78. The van der Waals surface area contributed by atoms with Gasteiger partial charge in [-0.1, -0.05) is 17.7 Å². The predicted octanol–water partition coefficient (Wildman–Crippen LogP) is 3.51. The van der Waals surface area contributed by atoms with Crippen molar-refractivity contribution in [2.24, 2.45) is 0 Å². The molecule has 0 saturated heterocycles. The molecule has 1 aromatic rings. The molecule has 0 amide bonds. The van der Waals surface area contributed by atoms with Crippen molar-refractivity contribution in [3.8, 4) is 0 Å². The van der Waals surface area contributed by atoms with Crippen LogP contribution in [0.5, 0.6) is 0 Å². The van der Waals surface area contributed by atoms with Gasteiger partial charge >= 0.3 is 6.18 Å². The highest BCUT2D eigenvalue weighted by Gasteiger charge is 2.31. The minimum Gasteiger partial charge on any atom is -0.288 e. The number of nitrogens with zero attached hydrogens (tertiary/aromatic N) is 2. The van der Waals surface area contributed by atoms with E-state index in [2.05, 4.69) is 4.98 Å². The fourth-order valence-corrected chi connectivity index (χ4v) is 1.59. The van der Waals surface area contributed by atoms with Crippen LogP contribution < -0.4 is 0 Å². The maximum Gasteiger partial charge on any atom is 0.401 e. The summed E-state index contributed by atoms with van der Waals surface area (Å²) in [6.45, 7) is 2.63. The van der Waals surface area contributed by atoms with E-state index in [0.29, 0.717) is 5.56 Å². The summed E-state index contributed by atoms with van der Waals surface area (Å²) in [6.07, 6.45) is -2.70. The van der Waals surface area contributed by atoms with Gasteiger partial charge in [0.1, 0.15) is 5.15 Å². The average molecular weight is 267 g/mol. The summed E-state index contributed by atoms with van der Waals surface area (Å²) in [4.78, 5) is 5.15. The van der Waals surface area contributed by atoms with Crippen LogP contribution in [-0.2, 0) is 6.54 Å². The lowest BCUT2D eigenvalue weighted by molar-refractivity contribution is -0.150. The first-order chi connectivity index (χ1) is 7.79. The molecule has 0 fully saturated rings. The highest BCUT2D eigenvalue weighted by Crippen LogP contribution is 2.21. The Kier molecular flexibility index (Phi) is 4.77. The van der Waals surface area contributed by atoms with E-state index >= 15 is 0 Å². The molecule has 1 aromatic heterocycles. The van der Waals surface area contributed by atoms with Crippen molar-refractivity contribution in [1.82, 2.24) is 9.88 Å². The standard InChI is InChI=1S/C11H14ClF3N2/c1-8(2)17(7-11(13,14)15)6-9-4-3-5-16-10(9)12/h3-5,8H,6-7H2,1-2H3. The van der Waals surface area contributed by atoms with Gasteiger partial charge in [-0.25, -0.2) is 4.98 Å². The molecule has 0 saturated carbocycles. The molecule has 0 aliphatic heterocycles. The fraction of sp³-hybridized carbons (Fsp3) is 0.545. The molecule has 0 aliphatic carbocycles. The Labute approximate surface area is 103 Å². The zero-order chi connectivity index (χ0) is 13.1. The highest BCUT2D eigenvalue weighted by atomic mass is 35.5. The van der Waals surface area contributed by atoms with Crippen LogP contribution in [0.15, 0.2) is 18.3 Å². The van der Waals surface area contributed by atoms with E-state index in [1.807, 2.05) is 0 Å². The molecule has 6 heteroatoms. The number of hydrogen-bond acceptors (Lipinski definition) is 2. The zero-order valence-electron chi connectivity index (χ0n) is 9.63. The SMILES string of the molecule is CC(C)N(Cc1cccnc1Cl)CC(F)(F)F. The smallest absolute Gasteiger partial charge is 0.288 e. The van der Waals surface area contributed by atoms with Crippen molar-refractivity contribution < 1.29 is 13.2 Å². The van der Waals surface area contributed by atoms with Gasteiger partial charge in [0.25, 0.3) is 0 Å². The van der Waals surface area contributed by atoms with Crippen LogP contribution in [0.3, 0.4) is 0 Å². The van der Waals surface area contributed by atoms with Crippen LogP contribution in [0.4, 0.5) is 13.2 Å². The first kappa shape index (κ1) is 14.3. The Hall–Kier alpha value is -0.810. The van der Waals surface area contributed by atoms with Gasteiger partial charge in [-0.3, -0.25) is 4.90 Å². The zero-order valence-corrected chi connectivity index (χ0v) is 10.4. The van der Waals surface area contributed by atoms with Crippen molar-refractivity contribution in [1.29, 1.82) is 0 Å². The molecule has 1 heterocycles. The van der Waals surface area contributed by atoms with Crippen LogP contribution in [-0.4, -0.2) is 28.6 Å². The minimum atomic E-state index is -4.21. The second kappa shape index (κ2) is 5.69. The third-order valence-electron chi connectivity index (χ3n) is 2.32. The van der Waals surface area contributed by atoms with Crippen LogP contribution in [0.2, 0.25) is 5.15 Å². The lowest BCUT2D eigenvalue weighted by Crippen LogP contribution is -2.38. The molecule has 1 rings (SSSR count). The van der Waals surface area contributed by atoms with E-state index in [-0.39, 0.29) is 17.7 Å². The molecule has 2 nitrogen and oxygen atoms in total. The number of pyridine rings is 1. The maximum atomic E-state index is 12.4. The minimum absolute atomic E-state index is 0.143. The topological polar surface area (TPSA) is 16.1 Å². The Morgan fingerprint density at radius 1 is 1.41 bits per heavy atom. The molecule has 17 heavy (non-hydrogen) atoms. The van der Waals surface area contributed by atoms with Gasteiger partial charge in [0.2, 0.25) is 0 Å². The summed E-state index contributed by atoms with van der Waals surface area (Å²) >= 11 is 5.83. The summed E-state index contributed by atoms with van der Waals surface area (Å²) in [5.74, 6) is 0. The largest absolute Gasteiger partial charge is 0.401 e. The first-order valence-corrected chi connectivity index (χ1v) is 5.57. The lowest BCUT2D eigenvalue weighted by Gasteiger charge is -2.27. The number of halogens is 4. The second-order valence-electron chi connectivity index (χ2n) is 4.07. The number of hydrogen-bond donors (Lipinski definition) is 0. The van der Waals surface area contributed by atoms with E-state index < -0.39 is 12.7 Å². The van der Waals surface area contributed by atoms with Gasteiger partial charge in [-0.05, 0) is 19.9 Å². The molecule has 0 aromatic carbocycles. The highest BCUT2D eigenvalue weighted by molar-refractivity contribution is 6.30. The Bertz CT molecular complexity index is 366. The van der Waals surface area contributed by atoms with Gasteiger partial charge < -0.3 is 0 Å². The third-order valence-corrected chi connectivity index (χ3v) is 2.66. The molecule has 0 aliphatic rings. The third kappa shape index (κ3) is 4.91. The normalized spacial score (nSPS) is 12.5. The van der Waals surface area contributed by atoms with E-state index in [1.165, 1.54) is 11.1 Å². The molecule has 0 spiro atoms. The molecule has 0 unspecified atom stereocenters. The van der Waals surface area contributed by atoms with Crippen LogP contribution in [0.25, 0.3) is 0 Å². The van der Waals surface area contributed by atoms with Crippen molar-refractivity contribution in [3.63, 3.8) is 0 Å². The van der Waals surface area contributed by atoms with Crippen LogP contribution >= 0.6 is 11.6 Å². The molecule has 0 atom stereocenters. The van der Waals surface area contributed by atoms with Gasteiger partial charge in [0.05, 0.1) is 6.54 Å². The van der Waals surface area contributed by atoms with E-state index in [1.54, 1.807) is 26.0 Å². The number of rotatable bonds is 4. The van der Waals surface area contributed by atoms with Gasteiger partial charge in [-0.15, -0.1) is 0 Å². The van der Waals surface area contributed by atoms with Crippen molar-refractivity contribution >= 4 is 11.6 Å². The van der Waals surface area contributed by atoms with E-state index in [0.717, 1.165) is 0 Å². The number of alkyl halides is 3. The Morgan fingerprint density at radius 3 is 2.53 bits per heavy atom. The predicted molar refractivity (Wildman–Crippen MR) is 60.8 cm³/mol. The van der Waals surface area contributed by atoms with Crippen molar-refractivity contribution in [2.75, 3.05) is 6.54 Å². The van der Waals surface area contributed by atoms with E-state index in [9.17, 15) is 13.2 Å². The lowest BCUT2D eigenvalue weighted by atomic mass is 10.2. The summed E-state index contributed by atoms with van der Waals surface area (Å²) in [5, 5.41) is 0.250. The molecule has 96 valence electrons. The van der Waals surface area contributed by atoms with E-state index in [4.69, 9.17) is 11.6 Å². The molecular formula is C11H14ClF3N2. The maximum absolute atomic E-state index is 12.4. The molecule has 0 bridgehead atoms. The summed E-state index contributed by atoms with van der Waals surface area (Å²) in [7, 11) is 0. The van der Waals surface area contributed by atoms with Gasteiger partial charge in [0, 0.05) is 24.3 Å². The summed E-state index contributed by atoms with van der Waals surface area (Å²) in [5.41, 5.74) is 0.604. The second-order valence-corrected chi connectivity index (χ2v) is 4.43. The van der Waals surface area contributed by atoms with Gasteiger partial charge in [0.15, 0.2) is 0 Å². The fourth-order valence-electron chi connectivity index (χ4n) is 1.41. The van der Waals surface area contributed by atoms with Crippen LogP contribution in [0.1, 0.15) is 19.4 Å². The van der Waals surface area contributed by atoms with Crippen molar-refractivity contribution in [3.05, 3.63) is 29.0 Å².